The van der Waals surface area contributed by atoms with Gasteiger partial charge in [0.1, 0.15) is 0 Å². The van der Waals surface area contributed by atoms with E-state index in [0.717, 1.165) is 32.5 Å². The summed E-state index contributed by atoms with van der Waals surface area (Å²) < 4.78 is 27.8. The average molecular weight is 371 g/mol. The highest BCUT2D eigenvalue weighted by Crippen LogP contribution is 2.49. The lowest BCUT2D eigenvalue weighted by Gasteiger charge is -2.52. The fourth-order valence-corrected chi connectivity index (χ4v) is 5.65. The van der Waals surface area contributed by atoms with E-state index in [9.17, 15) is 8.42 Å². The highest BCUT2D eigenvalue weighted by Gasteiger charge is 2.46. The second kappa shape index (κ2) is 7.14. The zero-order chi connectivity index (χ0) is 18.0. The van der Waals surface area contributed by atoms with Crippen molar-refractivity contribution in [3.63, 3.8) is 0 Å². The van der Waals surface area contributed by atoms with Gasteiger partial charge in [0.2, 0.25) is 10.0 Å². The quantitative estimate of drug-likeness (QED) is 0.877. The molecule has 0 atom stereocenters. The molecule has 4 nitrogen and oxygen atoms in total. The van der Waals surface area contributed by atoms with Crippen molar-refractivity contribution in [3.05, 3.63) is 66.2 Å². The molecule has 26 heavy (non-hydrogen) atoms. The van der Waals surface area contributed by atoms with Gasteiger partial charge < -0.3 is 0 Å². The summed E-state index contributed by atoms with van der Waals surface area (Å²) in [6.07, 6.45) is 4.28. The minimum Gasteiger partial charge on any atom is -0.299 e. The zero-order valence-corrected chi connectivity index (χ0v) is 15.8. The van der Waals surface area contributed by atoms with Crippen molar-refractivity contribution in [2.45, 2.75) is 43.2 Å². The first kappa shape index (κ1) is 17.7. The van der Waals surface area contributed by atoms with Crippen LogP contribution in [0.3, 0.4) is 0 Å². The van der Waals surface area contributed by atoms with Gasteiger partial charge in [0, 0.05) is 12.6 Å². The summed E-state index contributed by atoms with van der Waals surface area (Å²) in [5.41, 5.74) is 1.71. The summed E-state index contributed by atoms with van der Waals surface area (Å²) in [6, 6.07) is 19.4. The average Bonchev–Trinajstić information content (AvgIpc) is 2.63. The minimum absolute atomic E-state index is 0.0841. The third kappa shape index (κ3) is 3.85. The summed E-state index contributed by atoms with van der Waals surface area (Å²) >= 11 is 0. The Morgan fingerprint density at radius 1 is 0.923 bits per heavy atom. The Morgan fingerprint density at radius 2 is 1.50 bits per heavy atom. The smallest absolute Gasteiger partial charge is 0.240 e. The van der Waals surface area contributed by atoms with Crippen LogP contribution in [0.25, 0.3) is 0 Å². The van der Waals surface area contributed by atoms with Crippen LogP contribution in [-0.2, 0) is 16.6 Å². The van der Waals surface area contributed by atoms with Crippen LogP contribution in [0.5, 0.6) is 0 Å². The summed E-state index contributed by atoms with van der Waals surface area (Å²) in [5, 5.41) is 0. The predicted octanol–water partition coefficient (Wildman–Crippen LogP) is 3.41. The Morgan fingerprint density at radius 3 is 2.12 bits per heavy atom. The number of hydrogen-bond donors (Lipinski definition) is 1. The molecule has 1 saturated carbocycles. The molecule has 0 unspecified atom stereocenters. The standard InChI is InChI=1S/C21H26N2O2S/c24-26(25,20-9-5-2-6-10-20)22-19-15-21(16-19)11-13-23(14-12-21)17-18-7-3-1-4-8-18/h1-10,19,22H,11-17H2. The predicted molar refractivity (Wildman–Crippen MR) is 103 cm³/mol. The van der Waals surface area contributed by atoms with Crippen LogP contribution in [0, 0.1) is 5.41 Å². The fourth-order valence-electron chi connectivity index (χ4n) is 4.39. The third-order valence-electron chi connectivity index (χ3n) is 5.90. The number of rotatable bonds is 5. The van der Waals surface area contributed by atoms with E-state index >= 15 is 0 Å². The van der Waals surface area contributed by atoms with E-state index in [4.69, 9.17) is 0 Å². The molecule has 0 radical (unpaired) electrons. The van der Waals surface area contributed by atoms with Crippen molar-refractivity contribution in [2.75, 3.05) is 13.1 Å². The molecule has 1 aliphatic heterocycles. The van der Waals surface area contributed by atoms with Crippen molar-refractivity contribution >= 4 is 10.0 Å². The molecule has 2 fully saturated rings. The molecule has 0 amide bonds. The molecule has 138 valence electrons. The molecule has 1 heterocycles. The molecular weight excluding hydrogens is 344 g/mol. The van der Waals surface area contributed by atoms with Gasteiger partial charge in [-0.05, 0) is 61.9 Å². The van der Waals surface area contributed by atoms with Crippen LogP contribution in [-0.4, -0.2) is 32.4 Å². The number of nitrogens with one attached hydrogen (secondary N) is 1. The number of nitrogens with zero attached hydrogens (tertiary/aromatic N) is 1. The van der Waals surface area contributed by atoms with E-state index in [-0.39, 0.29) is 6.04 Å². The molecule has 2 aromatic carbocycles. The topological polar surface area (TPSA) is 49.4 Å². The first-order valence-corrected chi connectivity index (χ1v) is 10.9. The Bertz CT molecular complexity index is 821. The van der Waals surface area contributed by atoms with E-state index in [0.29, 0.717) is 10.3 Å². The summed E-state index contributed by atoms with van der Waals surface area (Å²) in [6.45, 7) is 3.22. The largest absolute Gasteiger partial charge is 0.299 e. The van der Waals surface area contributed by atoms with Crippen LogP contribution in [0.4, 0.5) is 0 Å². The van der Waals surface area contributed by atoms with Crippen LogP contribution < -0.4 is 4.72 Å². The molecule has 4 rings (SSSR count). The monoisotopic (exact) mass is 370 g/mol. The van der Waals surface area contributed by atoms with Gasteiger partial charge in [-0.2, -0.15) is 0 Å². The SMILES string of the molecule is O=S(=O)(NC1CC2(CCN(Cc3ccccc3)CC2)C1)c1ccccc1. The Hall–Kier alpha value is -1.69. The van der Waals surface area contributed by atoms with E-state index in [1.165, 1.54) is 18.4 Å². The fraction of sp³-hybridized carbons (Fsp3) is 0.429. The molecular formula is C21H26N2O2S. The van der Waals surface area contributed by atoms with E-state index in [2.05, 4.69) is 40.0 Å². The number of piperidine rings is 1. The Balaban J connectivity index is 1.27. The molecule has 1 N–H and O–H groups in total. The number of likely N-dealkylation sites (tertiary alicyclic amines) is 1. The molecule has 1 spiro atoms. The first-order chi connectivity index (χ1) is 12.5. The van der Waals surface area contributed by atoms with Gasteiger partial charge in [-0.15, -0.1) is 0 Å². The zero-order valence-electron chi connectivity index (χ0n) is 15.0. The van der Waals surface area contributed by atoms with Gasteiger partial charge in [-0.1, -0.05) is 48.5 Å². The highest BCUT2D eigenvalue weighted by molar-refractivity contribution is 7.89. The highest BCUT2D eigenvalue weighted by atomic mass is 32.2. The van der Waals surface area contributed by atoms with Crippen LogP contribution in [0.15, 0.2) is 65.6 Å². The Labute approximate surface area is 156 Å². The maximum absolute atomic E-state index is 12.4. The van der Waals surface area contributed by atoms with E-state index < -0.39 is 10.0 Å². The molecule has 5 heteroatoms. The molecule has 2 aliphatic rings. The second-order valence-corrected chi connectivity index (χ2v) is 9.52. The van der Waals surface area contributed by atoms with Gasteiger partial charge in [0.25, 0.3) is 0 Å². The van der Waals surface area contributed by atoms with Crippen molar-refractivity contribution in [1.29, 1.82) is 0 Å². The van der Waals surface area contributed by atoms with Crippen LogP contribution in [0.2, 0.25) is 0 Å². The second-order valence-electron chi connectivity index (χ2n) is 7.80. The van der Waals surface area contributed by atoms with Gasteiger partial charge in [-0.25, -0.2) is 13.1 Å². The lowest BCUT2D eigenvalue weighted by atomic mass is 9.60. The lowest BCUT2D eigenvalue weighted by molar-refractivity contribution is 0.0106. The van der Waals surface area contributed by atoms with E-state index in [1.54, 1.807) is 24.3 Å². The van der Waals surface area contributed by atoms with Crippen molar-refractivity contribution in [1.82, 2.24) is 9.62 Å². The maximum atomic E-state index is 12.4. The van der Waals surface area contributed by atoms with Crippen molar-refractivity contribution in [3.8, 4) is 0 Å². The van der Waals surface area contributed by atoms with Crippen LogP contribution in [0.1, 0.15) is 31.2 Å². The number of sulfonamides is 1. The van der Waals surface area contributed by atoms with Crippen molar-refractivity contribution < 1.29 is 8.42 Å². The Kier molecular flexibility index (Phi) is 4.86. The number of benzene rings is 2. The maximum Gasteiger partial charge on any atom is 0.240 e. The number of hydrogen-bond acceptors (Lipinski definition) is 3. The normalized spacial score (nSPS) is 20.8. The lowest BCUT2D eigenvalue weighted by Crippen LogP contribution is -2.54. The van der Waals surface area contributed by atoms with Gasteiger partial charge in [-0.3, -0.25) is 4.90 Å². The minimum atomic E-state index is -3.39. The molecule has 0 aromatic heterocycles. The van der Waals surface area contributed by atoms with Crippen LogP contribution >= 0.6 is 0 Å². The molecule has 1 saturated heterocycles. The molecule has 0 bridgehead atoms. The van der Waals surface area contributed by atoms with Crippen molar-refractivity contribution in [2.24, 2.45) is 5.41 Å². The molecule has 2 aromatic rings. The summed E-state index contributed by atoms with van der Waals surface area (Å²) in [5.74, 6) is 0. The summed E-state index contributed by atoms with van der Waals surface area (Å²) in [7, 11) is -3.39. The van der Waals surface area contributed by atoms with Gasteiger partial charge in [0.05, 0.1) is 4.90 Å². The van der Waals surface area contributed by atoms with E-state index in [1.807, 2.05) is 6.07 Å². The first-order valence-electron chi connectivity index (χ1n) is 9.38. The molecule has 1 aliphatic carbocycles. The van der Waals surface area contributed by atoms with Gasteiger partial charge in [0.15, 0.2) is 0 Å². The third-order valence-corrected chi connectivity index (χ3v) is 7.44. The van der Waals surface area contributed by atoms with Gasteiger partial charge >= 0.3 is 0 Å². The summed E-state index contributed by atoms with van der Waals surface area (Å²) in [4.78, 5) is 2.88.